The number of benzene rings is 1. The van der Waals surface area contributed by atoms with Crippen LogP contribution in [0.5, 0.6) is 11.5 Å². The Balaban J connectivity index is 2.51. The molecule has 0 atom stereocenters. The number of carbonyl (C=O) groups excluding carboxylic acids is 1. The van der Waals surface area contributed by atoms with Crippen molar-refractivity contribution in [3.05, 3.63) is 23.8 Å². The Morgan fingerprint density at radius 1 is 1.10 bits per heavy atom. The van der Waals surface area contributed by atoms with Crippen LogP contribution in [0.15, 0.2) is 18.2 Å². The first-order valence-electron chi connectivity index (χ1n) is 6.28. The molecule has 1 rings (SSSR count). The second-order valence-corrected chi connectivity index (χ2v) is 5.20. The predicted octanol–water partition coefficient (Wildman–Crippen LogP) is 2.23. The van der Waals surface area contributed by atoms with Crippen molar-refractivity contribution < 1.29 is 19.0 Å². The van der Waals surface area contributed by atoms with E-state index in [1.54, 1.807) is 41.1 Å². The van der Waals surface area contributed by atoms with Gasteiger partial charge in [0, 0.05) is 12.6 Å². The molecular formula is C14H22N2O4. The van der Waals surface area contributed by atoms with E-state index in [9.17, 15) is 4.79 Å². The molecule has 1 aromatic rings. The third-order valence-corrected chi connectivity index (χ3v) is 2.29. The van der Waals surface area contributed by atoms with E-state index in [0.29, 0.717) is 18.0 Å². The zero-order chi connectivity index (χ0) is 15.2. The van der Waals surface area contributed by atoms with Gasteiger partial charge in [0.25, 0.3) is 0 Å². The van der Waals surface area contributed by atoms with Crippen molar-refractivity contribution in [2.45, 2.75) is 32.9 Å². The van der Waals surface area contributed by atoms with E-state index in [2.05, 4.69) is 10.9 Å². The molecule has 0 aliphatic carbocycles. The van der Waals surface area contributed by atoms with Crippen LogP contribution >= 0.6 is 0 Å². The van der Waals surface area contributed by atoms with Crippen molar-refractivity contribution >= 4 is 6.09 Å². The lowest BCUT2D eigenvalue weighted by molar-refractivity contribution is 0.0497. The standard InChI is InChI=1S/C14H22N2O4/c1-14(2,3)20-13(17)16-15-9-10-6-11(18-4)8-12(7-10)19-5/h6-8,15H,9H2,1-5H3,(H,16,17). The summed E-state index contributed by atoms with van der Waals surface area (Å²) >= 11 is 0. The number of ether oxygens (including phenoxy) is 3. The average molecular weight is 282 g/mol. The average Bonchev–Trinajstić information content (AvgIpc) is 2.36. The largest absolute Gasteiger partial charge is 0.497 e. The molecule has 1 aromatic carbocycles. The maximum absolute atomic E-state index is 11.4. The quantitative estimate of drug-likeness (QED) is 0.811. The summed E-state index contributed by atoms with van der Waals surface area (Å²) in [7, 11) is 3.18. The fourth-order valence-corrected chi connectivity index (χ4v) is 1.49. The number of hydrogen-bond acceptors (Lipinski definition) is 5. The van der Waals surface area contributed by atoms with Gasteiger partial charge in [-0.15, -0.1) is 0 Å². The van der Waals surface area contributed by atoms with Crippen molar-refractivity contribution in [2.75, 3.05) is 14.2 Å². The van der Waals surface area contributed by atoms with Crippen LogP contribution < -0.4 is 20.3 Å². The molecule has 0 saturated heterocycles. The number of rotatable bonds is 5. The smallest absolute Gasteiger partial charge is 0.422 e. The summed E-state index contributed by atoms with van der Waals surface area (Å²) < 4.78 is 15.4. The number of methoxy groups -OCH3 is 2. The zero-order valence-electron chi connectivity index (χ0n) is 12.6. The Bertz CT molecular complexity index is 433. The highest BCUT2D eigenvalue weighted by molar-refractivity contribution is 5.66. The van der Waals surface area contributed by atoms with Crippen LogP contribution in [0.3, 0.4) is 0 Å². The van der Waals surface area contributed by atoms with Crippen molar-refractivity contribution in [1.82, 2.24) is 10.9 Å². The van der Waals surface area contributed by atoms with Gasteiger partial charge in [-0.2, -0.15) is 0 Å². The summed E-state index contributed by atoms with van der Waals surface area (Å²) in [6.45, 7) is 5.84. The molecule has 112 valence electrons. The molecule has 0 radical (unpaired) electrons. The van der Waals surface area contributed by atoms with Crippen LogP contribution in [0.25, 0.3) is 0 Å². The van der Waals surface area contributed by atoms with Gasteiger partial charge in [-0.25, -0.2) is 10.2 Å². The molecule has 6 nitrogen and oxygen atoms in total. The molecule has 0 spiro atoms. The van der Waals surface area contributed by atoms with Crippen molar-refractivity contribution in [1.29, 1.82) is 0 Å². The Morgan fingerprint density at radius 3 is 2.10 bits per heavy atom. The van der Waals surface area contributed by atoms with E-state index in [0.717, 1.165) is 5.56 Å². The second kappa shape index (κ2) is 7.00. The summed E-state index contributed by atoms with van der Waals surface area (Å²) in [6.07, 6.45) is -0.521. The lowest BCUT2D eigenvalue weighted by atomic mass is 10.2. The van der Waals surface area contributed by atoms with E-state index in [4.69, 9.17) is 14.2 Å². The number of nitrogens with one attached hydrogen (secondary N) is 2. The third kappa shape index (κ3) is 5.79. The number of hydrogen-bond donors (Lipinski definition) is 2. The summed E-state index contributed by atoms with van der Waals surface area (Å²) in [5, 5.41) is 0. The summed E-state index contributed by atoms with van der Waals surface area (Å²) in [4.78, 5) is 11.4. The molecule has 2 N–H and O–H groups in total. The van der Waals surface area contributed by atoms with Gasteiger partial charge in [-0.1, -0.05) is 0 Å². The third-order valence-electron chi connectivity index (χ3n) is 2.29. The fraction of sp³-hybridized carbons (Fsp3) is 0.500. The monoisotopic (exact) mass is 282 g/mol. The van der Waals surface area contributed by atoms with E-state index >= 15 is 0 Å². The minimum Gasteiger partial charge on any atom is -0.497 e. The van der Waals surface area contributed by atoms with Crippen LogP contribution in [0.4, 0.5) is 4.79 Å². The first-order chi connectivity index (χ1) is 9.34. The van der Waals surface area contributed by atoms with Gasteiger partial charge in [0.2, 0.25) is 0 Å². The van der Waals surface area contributed by atoms with E-state index in [1.807, 2.05) is 12.1 Å². The van der Waals surface area contributed by atoms with Crippen molar-refractivity contribution in [3.63, 3.8) is 0 Å². The van der Waals surface area contributed by atoms with E-state index in [1.165, 1.54) is 0 Å². The van der Waals surface area contributed by atoms with Crippen LogP contribution in [-0.4, -0.2) is 25.9 Å². The van der Waals surface area contributed by atoms with Gasteiger partial charge in [0.15, 0.2) is 0 Å². The zero-order valence-corrected chi connectivity index (χ0v) is 12.6. The molecule has 0 unspecified atom stereocenters. The molecule has 20 heavy (non-hydrogen) atoms. The van der Waals surface area contributed by atoms with Gasteiger partial charge in [-0.3, -0.25) is 5.43 Å². The van der Waals surface area contributed by atoms with E-state index < -0.39 is 11.7 Å². The van der Waals surface area contributed by atoms with Gasteiger partial charge in [-0.05, 0) is 38.5 Å². The maximum Gasteiger partial charge on any atom is 0.422 e. The molecule has 0 aromatic heterocycles. The minimum atomic E-state index is -0.523. The Kier molecular flexibility index (Phi) is 5.64. The molecular weight excluding hydrogens is 260 g/mol. The molecule has 0 heterocycles. The van der Waals surface area contributed by atoms with Crippen molar-refractivity contribution in [3.8, 4) is 11.5 Å². The lowest BCUT2D eigenvalue weighted by Crippen LogP contribution is -2.40. The molecule has 0 aliphatic rings. The Labute approximate surface area is 119 Å². The van der Waals surface area contributed by atoms with Crippen LogP contribution in [0, 0.1) is 0 Å². The molecule has 0 saturated carbocycles. The first-order valence-corrected chi connectivity index (χ1v) is 6.28. The Hall–Kier alpha value is -1.95. The van der Waals surface area contributed by atoms with Crippen molar-refractivity contribution in [2.24, 2.45) is 0 Å². The summed E-state index contributed by atoms with van der Waals surface area (Å²) in [6, 6.07) is 5.49. The fourth-order valence-electron chi connectivity index (χ4n) is 1.49. The van der Waals surface area contributed by atoms with E-state index in [-0.39, 0.29) is 0 Å². The topological polar surface area (TPSA) is 68.8 Å². The van der Waals surface area contributed by atoms with Crippen LogP contribution in [-0.2, 0) is 11.3 Å². The predicted molar refractivity (Wildman–Crippen MR) is 75.8 cm³/mol. The minimum absolute atomic E-state index is 0.423. The van der Waals surface area contributed by atoms with Gasteiger partial charge >= 0.3 is 6.09 Å². The summed E-state index contributed by atoms with van der Waals surface area (Å²) in [5.41, 5.74) is 5.65. The van der Waals surface area contributed by atoms with Gasteiger partial charge in [0.1, 0.15) is 17.1 Å². The lowest BCUT2D eigenvalue weighted by Gasteiger charge is -2.19. The maximum atomic E-state index is 11.4. The SMILES string of the molecule is COc1cc(CNNC(=O)OC(C)(C)C)cc(OC)c1. The van der Waals surface area contributed by atoms with Gasteiger partial charge < -0.3 is 14.2 Å². The second-order valence-electron chi connectivity index (χ2n) is 5.20. The van der Waals surface area contributed by atoms with Crippen LogP contribution in [0.1, 0.15) is 26.3 Å². The molecule has 0 fully saturated rings. The Morgan fingerprint density at radius 2 is 1.65 bits per heavy atom. The molecule has 6 heteroatoms. The number of amides is 1. The highest BCUT2D eigenvalue weighted by Gasteiger charge is 2.15. The van der Waals surface area contributed by atoms with Gasteiger partial charge in [0.05, 0.1) is 14.2 Å². The molecule has 1 amide bonds. The number of carbonyl (C=O) groups is 1. The summed E-state index contributed by atoms with van der Waals surface area (Å²) in [5.74, 6) is 1.39. The number of hydrazine groups is 1. The highest BCUT2D eigenvalue weighted by atomic mass is 16.6. The first kappa shape index (κ1) is 16.1. The molecule has 0 bridgehead atoms. The van der Waals surface area contributed by atoms with Crippen LogP contribution in [0.2, 0.25) is 0 Å². The molecule has 0 aliphatic heterocycles. The normalized spacial score (nSPS) is 10.8. The highest BCUT2D eigenvalue weighted by Crippen LogP contribution is 2.22.